The molecule has 2 aliphatic carbocycles. The van der Waals surface area contributed by atoms with Crippen LogP contribution in [0, 0.1) is 5.82 Å². The van der Waals surface area contributed by atoms with Crippen LogP contribution in [0.5, 0.6) is 0 Å². The Morgan fingerprint density at radius 2 is 2.05 bits per heavy atom. The second-order valence-corrected chi connectivity index (χ2v) is 5.99. The van der Waals surface area contributed by atoms with Gasteiger partial charge in [0.2, 0.25) is 0 Å². The van der Waals surface area contributed by atoms with Crippen LogP contribution in [0.3, 0.4) is 0 Å². The Morgan fingerprint density at radius 1 is 1.30 bits per heavy atom. The zero-order chi connectivity index (χ0) is 14.2. The number of hydrogen-bond donors (Lipinski definition) is 2. The van der Waals surface area contributed by atoms with Crippen LogP contribution < -0.4 is 5.32 Å². The van der Waals surface area contributed by atoms with Crippen LogP contribution in [0.15, 0.2) is 18.2 Å². The third-order valence-electron chi connectivity index (χ3n) is 4.72. The van der Waals surface area contributed by atoms with Gasteiger partial charge in [-0.05, 0) is 48.9 Å². The predicted octanol–water partition coefficient (Wildman–Crippen LogP) is 2.97. The van der Waals surface area contributed by atoms with Crippen LogP contribution >= 0.6 is 0 Å². The molecule has 4 heteroatoms. The summed E-state index contributed by atoms with van der Waals surface area (Å²) in [7, 11) is 0. The minimum Gasteiger partial charge on any atom is -0.480 e. The van der Waals surface area contributed by atoms with Crippen LogP contribution in [0.1, 0.15) is 49.7 Å². The number of hydrogen-bond acceptors (Lipinski definition) is 2. The Bertz CT molecular complexity index is 525. The van der Waals surface area contributed by atoms with Gasteiger partial charge in [-0.3, -0.25) is 5.32 Å². The Balaban J connectivity index is 1.92. The van der Waals surface area contributed by atoms with E-state index in [1.165, 1.54) is 18.6 Å². The van der Waals surface area contributed by atoms with Crippen molar-refractivity contribution < 1.29 is 14.3 Å². The molecular weight excluding hydrogens is 257 g/mol. The van der Waals surface area contributed by atoms with Gasteiger partial charge in [0, 0.05) is 6.04 Å². The molecule has 3 nitrogen and oxygen atoms in total. The van der Waals surface area contributed by atoms with Gasteiger partial charge in [-0.1, -0.05) is 25.3 Å². The lowest BCUT2D eigenvalue weighted by atomic mass is 9.87. The molecule has 1 atom stereocenters. The predicted molar refractivity (Wildman–Crippen MR) is 74.0 cm³/mol. The summed E-state index contributed by atoms with van der Waals surface area (Å²) in [4.78, 5) is 11.9. The number of aliphatic carboxylic acids is 1. The van der Waals surface area contributed by atoms with Crippen molar-refractivity contribution in [1.82, 2.24) is 5.32 Å². The maximum Gasteiger partial charge on any atom is 0.328 e. The number of carboxylic acid groups (broad SMARTS) is 1. The van der Waals surface area contributed by atoms with Gasteiger partial charge in [0.1, 0.15) is 11.4 Å². The lowest BCUT2D eigenvalue weighted by Gasteiger charge is -2.34. The molecule has 1 unspecified atom stereocenters. The molecule has 0 heterocycles. The van der Waals surface area contributed by atoms with Gasteiger partial charge in [0.05, 0.1) is 0 Å². The van der Waals surface area contributed by atoms with Gasteiger partial charge in [-0.15, -0.1) is 0 Å². The highest BCUT2D eigenvalue weighted by Gasteiger charge is 2.46. The minimum absolute atomic E-state index is 0.260. The highest BCUT2D eigenvalue weighted by molar-refractivity contribution is 5.82. The molecule has 108 valence electrons. The number of carboxylic acids is 1. The summed E-state index contributed by atoms with van der Waals surface area (Å²) in [6.45, 7) is 0. The summed E-state index contributed by atoms with van der Waals surface area (Å²) in [6, 6.07) is 4.74. The molecule has 1 aromatic carbocycles. The molecule has 1 fully saturated rings. The second-order valence-electron chi connectivity index (χ2n) is 5.99. The summed E-state index contributed by atoms with van der Waals surface area (Å²) < 4.78 is 13.3. The highest BCUT2D eigenvalue weighted by atomic mass is 19.1. The molecule has 1 aromatic rings. The quantitative estimate of drug-likeness (QED) is 0.893. The van der Waals surface area contributed by atoms with E-state index in [0.717, 1.165) is 36.8 Å². The smallest absolute Gasteiger partial charge is 0.328 e. The summed E-state index contributed by atoms with van der Waals surface area (Å²) in [6.07, 6.45) is 6.75. The van der Waals surface area contributed by atoms with Gasteiger partial charge in [0.15, 0.2) is 0 Å². The van der Waals surface area contributed by atoms with E-state index in [9.17, 15) is 14.3 Å². The second kappa shape index (κ2) is 5.17. The highest BCUT2D eigenvalue weighted by Crippen LogP contribution is 2.39. The van der Waals surface area contributed by atoms with E-state index in [1.807, 2.05) is 0 Å². The largest absolute Gasteiger partial charge is 0.480 e. The number of fused-ring (bicyclic) bond motifs is 1. The van der Waals surface area contributed by atoms with E-state index in [4.69, 9.17) is 0 Å². The topological polar surface area (TPSA) is 49.3 Å². The number of aryl methyl sites for hydroxylation is 1. The van der Waals surface area contributed by atoms with Crippen molar-refractivity contribution in [3.63, 3.8) is 0 Å². The van der Waals surface area contributed by atoms with Crippen LogP contribution in [-0.4, -0.2) is 17.1 Å². The number of nitrogens with one attached hydrogen (secondary N) is 1. The van der Waals surface area contributed by atoms with E-state index in [2.05, 4.69) is 5.32 Å². The third kappa shape index (κ3) is 2.22. The maximum atomic E-state index is 13.3. The molecule has 0 saturated heterocycles. The van der Waals surface area contributed by atoms with Crippen LogP contribution in [0.4, 0.5) is 4.39 Å². The average Bonchev–Trinajstić information content (AvgIpc) is 2.79. The summed E-state index contributed by atoms with van der Waals surface area (Å²) in [5.41, 5.74) is 0.554. The number of benzene rings is 1. The van der Waals surface area contributed by atoms with Crippen molar-refractivity contribution >= 4 is 5.97 Å². The molecule has 0 bridgehead atoms. The third-order valence-corrected chi connectivity index (χ3v) is 4.72. The first-order valence-electron chi connectivity index (χ1n) is 7.42. The Labute approximate surface area is 118 Å². The van der Waals surface area contributed by atoms with Crippen LogP contribution in [-0.2, 0) is 16.8 Å². The first kappa shape index (κ1) is 13.6. The van der Waals surface area contributed by atoms with Crippen LogP contribution in [0.2, 0.25) is 0 Å². The first-order chi connectivity index (χ1) is 9.62. The average molecular weight is 277 g/mol. The Morgan fingerprint density at radius 3 is 2.75 bits per heavy atom. The fraction of sp³-hybridized carbons (Fsp3) is 0.562. The molecule has 3 rings (SSSR count). The number of rotatable bonds is 3. The zero-order valence-electron chi connectivity index (χ0n) is 11.5. The monoisotopic (exact) mass is 277 g/mol. The van der Waals surface area contributed by atoms with Crippen molar-refractivity contribution in [2.75, 3.05) is 0 Å². The van der Waals surface area contributed by atoms with Crippen LogP contribution in [0.25, 0.3) is 0 Å². The van der Waals surface area contributed by atoms with E-state index in [0.29, 0.717) is 12.8 Å². The van der Waals surface area contributed by atoms with Gasteiger partial charge in [0.25, 0.3) is 0 Å². The Kier molecular flexibility index (Phi) is 3.50. The standard InChI is InChI=1S/C16H20FNO2/c17-12-6-7-14-11(10-12)8-9-16(14,15(19)20)18-13-4-2-1-3-5-13/h6-7,10,13,18H,1-5,8-9H2,(H,19,20). The molecule has 0 spiro atoms. The van der Waals surface area contributed by atoms with Gasteiger partial charge >= 0.3 is 5.97 Å². The van der Waals surface area contributed by atoms with Gasteiger partial charge in [-0.2, -0.15) is 0 Å². The van der Waals surface area contributed by atoms with Crippen molar-refractivity contribution in [1.29, 1.82) is 0 Å². The van der Waals surface area contributed by atoms with Crippen molar-refractivity contribution in [3.8, 4) is 0 Å². The molecule has 0 radical (unpaired) electrons. The van der Waals surface area contributed by atoms with E-state index < -0.39 is 11.5 Å². The number of carbonyl (C=O) groups is 1. The van der Waals surface area contributed by atoms with Gasteiger partial charge < -0.3 is 5.11 Å². The van der Waals surface area contributed by atoms with E-state index in [1.54, 1.807) is 6.07 Å². The molecule has 1 saturated carbocycles. The van der Waals surface area contributed by atoms with Crippen molar-refractivity contribution in [3.05, 3.63) is 35.1 Å². The lowest BCUT2D eigenvalue weighted by molar-refractivity contribution is -0.146. The van der Waals surface area contributed by atoms with Crippen molar-refractivity contribution in [2.45, 2.75) is 56.5 Å². The normalized spacial score (nSPS) is 26.4. The molecule has 0 aromatic heterocycles. The fourth-order valence-electron chi connectivity index (χ4n) is 3.67. The molecular formula is C16H20FNO2. The SMILES string of the molecule is O=C(O)C1(NC2CCCCC2)CCc2cc(F)ccc21. The molecule has 2 N–H and O–H groups in total. The van der Waals surface area contributed by atoms with E-state index >= 15 is 0 Å². The maximum absolute atomic E-state index is 13.3. The molecule has 0 amide bonds. The molecule has 2 aliphatic rings. The molecule has 0 aliphatic heterocycles. The summed E-state index contributed by atoms with van der Waals surface area (Å²) >= 11 is 0. The zero-order valence-corrected chi connectivity index (χ0v) is 11.5. The Hall–Kier alpha value is -1.42. The minimum atomic E-state index is -1.02. The molecule has 20 heavy (non-hydrogen) atoms. The fourth-order valence-corrected chi connectivity index (χ4v) is 3.67. The summed E-state index contributed by atoms with van der Waals surface area (Å²) in [5.74, 6) is -1.13. The van der Waals surface area contributed by atoms with E-state index in [-0.39, 0.29) is 11.9 Å². The van der Waals surface area contributed by atoms with Gasteiger partial charge in [-0.25, -0.2) is 9.18 Å². The first-order valence-corrected chi connectivity index (χ1v) is 7.42. The number of halogens is 1. The van der Waals surface area contributed by atoms with Crippen molar-refractivity contribution in [2.24, 2.45) is 0 Å². The lowest BCUT2D eigenvalue weighted by Crippen LogP contribution is -2.52. The summed E-state index contributed by atoms with van der Waals surface area (Å²) in [5, 5.41) is 13.1.